The molecule has 0 atom stereocenters. The molecule has 0 aliphatic rings. The molecular formula is C17H12F5N3O. The molecule has 0 spiro atoms. The first-order valence-corrected chi connectivity index (χ1v) is 7.52. The van der Waals surface area contributed by atoms with Crippen LogP contribution in [-0.2, 0) is 17.4 Å². The predicted octanol–water partition coefficient (Wildman–Crippen LogP) is 4.43. The molecule has 0 aliphatic heterocycles. The molecule has 0 fully saturated rings. The molecule has 3 rings (SSSR count). The maximum Gasteiger partial charge on any atom is 0.433 e. The lowest BCUT2D eigenvalue weighted by molar-refractivity contribution is -0.141. The number of aryl methyl sites for hydroxylation is 1. The van der Waals surface area contributed by atoms with Gasteiger partial charge in [0, 0.05) is 30.3 Å². The number of hydrogen-bond acceptors (Lipinski definition) is 2. The number of carbonyl (C=O) groups excluding carboxylic acids is 1. The fourth-order valence-electron chi connectivity index (χ4n) is 2.43. The van der Waals surface area contributed by atoms with E-state index in [1.807, 2.05) is 0 Å². The number of carbonyl (C=O) groups is 1. The Labute approximate surface area is 144 Å². The zero-order valence-corrected chi connectivity index (χ0v) is 13.1. The highest BCUT2D eigenvalue weighted by molar-refractivity contribution is 6.01. The number of nitrogens with zero attached hydrogens (tertiary/aromatic N) is 1. The van der Waals surface area contributed by atoms with Gasteiger partial charge in [0.1, 0.15) is 5.69 Å². The van der Waals surface area contributed by atoms with Gasteiger partial charge in [-0.3, -0.25) is 9.78 Å². The van der Waals surface area contributed by atoms with E-state index >= 15 is 0 Å². The number of fused-ring (bicyclic) bond motifs is 1. The van der Waals surface area contributed by atoms with Crippen LogP contribution in [0.25, 0.3) is 10.9 Å². The van der Waals surface area contributed by atoms with Gasteiger partial charge in [-0.25, -0.2) is 8.78 Å². The van der Waals surface area contributed by atoms with E-state index in [-0.39, 0.29) is 18.5 Å². The number of alkyl halides is 3. The van der Waals surface area contributed by atoms with E-state index in [1.54, 1.807) is 0 Å². The normalized spacial score (nSPS) is 11.7. The molecule has 136 valence electrons. The zero-order valence-electron chi connectivity index (χ0n) is 13.1. The van der Waals surface area contributed by atoms with Gasteiger partial charge < -0.3 is 10.3 Å². The first kappa shape index (κ1) is 17.8. The van der Waals surface area contributed by atoms with Crippen LogP contribution in [0.1, 0.15) is 17.7 Å². The van der Waals surface area contributed by atoms with Crippen molar-refractivity contribution in [1.82, 2.24) is 9.97 Å². The van der Waals surface area contributed by atoms with Crippen molar-refractivity contribution >= 4 is 22.5 Å². The van der Waals surface area contributed by atoms with Crippen molar-refractivity contribution in [3.63, 3.8) is 0 Å². The number of nitrogens with one attached hydrogen (secondary N) is 2. The fourth-order valence-corrected chi connectivity index (χ4v) is 2.43. The number of amides is 1. The van der Waals surface area contributed by atoms with Crippen LogP contribution in [0.3, 0.4) is 0 Å². The van der Waals surface area contributed by atoms with Crippen LogP contribution in [-0.4, -0.2) is 15.9 Å². The molecule has 2 heterocycles. The minimum atomic E-state index is -4.51. The molecule has 2 N–H and O–H groups in total. The van der Waals surface area contributed by atoms with Gasteiger partial charge in [-0.2, -0.15) is 13.2 Å². The quantitative estimate of drug-likeness (QED) is 0.669. The topological polar surface area (TPSA) is 57.8 Å². The average molecular weight is 369 g/mol. The first-order chi connectivity index (χ1) is 12.2. The van der Waals surface area contributed by atoms with Crippen molar-refractivity contribution < 1.29 is 26.7 Å². The number of rotatable bonds is 4. The Morgan fingerprint density at radius 1 is 1.15 bits per heavy atom. The van der Waals surface area contributed by atoms with Gasteiger partial charge in [0.05, 0.1) is 11.2 Å². The number of aromatic amines is 1. The summed E-state index contributed by atoms with van der Waals surface area (Å²) in [5.74, 6) is -2.47. The van der Waals surface area contributed by atoms with Gasteiger partial charge in [0.25, 0.3) is 0 Å². The Kier molecular flexibility index (Phi) is 4.62. The van der Waals surface area contributed by atoms with Crippen LogP contribution in [0, 0.1) is 11.6 Å². The molecule has 2 aromatic heterocycles. The molecule has 9 heteroatoms. The molecule has 0 radical (unpaired) electrons. The molecule has 0 unspecified atom stereocenters. The Bertz CT molecular complexity index is 947. The largest absolute Gasteiger partial charge is 0.433 e. The third kappa shape index (κ3) is 3.81. The second-order valence-electron chi connectivity index (χ2n) is 5.61. The highest BCUT2D eigenvalue weighted by Crippen LogP contribution is 2.28. The highest BCUT2D eigenvalue weighted by Gasteiger charge is 2.31. The lowest BCUT2D eigenvalue weighted by atomic mass is 10.1. The second-order valence-corrected chi connectivity index (χ2v) is 5.61. The zero-order chi connectivity index (χ0) is 18.9. The van der Waals surface area contributed by atoms with E-state index in [4.69, 9.17) is 0 Å². The Morgan fingerprint density at radius 3 is 2.54 bits per heavy atom. The summed E-state index contributed by atoms with van der Waals surface area (Å²) < 4.78 is 63.9. The molecule has 4 nitrogen and oxygen atoms in total. The van der Waals surface area contributed by atoms with Crippen molar-refractivity contribution in [1.29, 1.82) is 0 Å². The van der Waals surface area contributed by atoms with Crippen molar-refractivity contribution in [2.24, 2.45) is 0 Å². The van der Waals surface area contributed by atoms with Crippen molar-refractivity contribution in [3.8, 4) is 0 Å². The maximum absolute atomic E-state index is 13.3. The molecule has 0 bridgehead atoms. The van der Waals surface area contributed by atoms with Gasteiger partial charge in [-0.1, -0.05) is 6.07 Å². The summed E-state index contributed by atoms with van der Waals surface area (Å²) in [6, 6.07) is 4.06. The van der Waals surface area contributed by atoms with Crippen molar-refractivity contribution in [3.05, 3.63) is 59.6 Å². The summed E-state index contributed by atoms with van der Waals surface area (Å²) in [7, 11) is 0. The number of pyridine rings is 1. The predicted molar refractivity (Wildman–Crippen MR) is 84.4 cm³/mol. The van der Waals surface area contributed by atoms with Crippen molar-refractivity contribution in [2.75, 3.05) is 5.32 Å². The number of aromatic nitrogens is 2. The molecule has 0 saturated heterocycles. The Balaban J connectivity index is 1.64. The minimum absolute atomic E-state index is 0.0105. The molecule has 1 amide bonds. The minimum Gasteiger partial charge on any atom is -0.359 e. The Morgan fingerprint density at radius 2 is 1.88 bits per heavy atom. The third-order valence-corrected chi connectivity index (χ3v) is 3.75. The number of halogens is 5. The second kappa shape index (κ2) is 6.74. The Hall–Kier alpha value is -2.97. The number of benzene rings is 1. The summed E-state index contributed by atoms with van der Waals surface area (Å²) in [6.45, 7) is 0. The molecule has 26 heavy (non-hydrogen) atoms. The lowest BCUT2D eigenvalue weighted by Crippen LogP contribution is -2.12. The van der Waals surface area contributed by atoms with E-state index in [2.05, 4.69) is 15.3 Å². The maximum atomic E-state index is 13.3. The summed E-state index contributed by atoms with van der Waals surface area (Å²) in [6.07, 6.45) is -1.87. The van der Waals surface area contributed by atoms with Crippen molar-refractivity contribution in [2.45, 2.75) is 19.0 Å². The molecule has 3 aromatic rings. The molecule has 0 aliphatic carbocycles. The summed E-state index contributed by atoms with van der Waals surface area (Å²) in [5.41, 5.74) is 0.0829. The average Bonchev–Trinajstić information content (AvgIpc) is 2.95. The van der Waals surface area contributed by atoms with Gasteiger partial charge in [0.15, 0.2) is 11.6 Å². The molecular weight excluding hydrogens is 357 g/mol. The van der Waals surface area contributed by atoms with Crippen LogP contribution < -0.4 is 5.32 Å². The van der Waals surface area contributed by atoms with Gasteiger partial charge in [-0.15, -0.1) is 0 Å². The van der Waals surface area contributed by atoms with E-state index in [9.17, 15) is 26.7 Å². The first-order valence-electron chi connectivity index (χ1n) is 7.52. The summed E-state index contributed by atoms with van der Waals surface area (Å²) >= 11 is 0. The van der Waals surface area contributed by atoms with Crippen LogP contribution >= 0.6 is 0 Å². The van der Waals surface area contributed by atoms with Gasteiger partial charge in [0.2, 0.25) is 5.91 Å². The number of H-pyrrole nitrogens is 1. The van der Waals surface area contributed by atoms with Crippen LogP contribution in [0.4, 0.5) is 27.6 Å². The van der Waals surface area contributed by atoms with Gasteiger partial charge in [-0.05, 0) is 24.1 Å². The summed E-state index contributed by atoms with van der Waals surface area (Å²) in [4.78, 5) is 18.1. The highest BCUT2D eigenvalue weighted by atomic mass is 19.4. The lowest BCUT2D eigenvalue weighted by Gasteiger charge is -2.07. The van der Waals surface area contributed by atoms with E-state index in [1.165, 1.54) is 12.3 Å². The third-order valence-electron chi connectivity index (χ3n) is 3.75. The monoisotopic (exact) mass is 369 g/mol. The summed E-state index contributed by atoms with van der Waals surface area (Å²) in [5, 5.41) is 2.87. The molecule has 0 saturated carbocycles. The van der Waals surface area contributed by atoms with Crippen LogP contribution in [0.5, 0.6) is 0 Å². The fraction of sp³-hybridized carbons (Fsp3) is 0.176. The van der Waals surface area contributed by atoms with E-state index in [0.717, 1.165) is 24.4 Å². The smallest absolute Gasteiger partial charge is 0.359 e. The standard InChI is InChI=1S/C17H12F5N3O/c18-11-5-10-13(6-12(11)19)23-8-14(10)25-16(26)4-2-9-1-3-15(24-7-9)17(20,21)22/h1,3,5-8,23H,2,4H2,(H,25,26). The van der Waals surface area contributed by atoms with E-state index < -0.39 is 29.4 Å². The van der Waals surface area contributed by atoms with Crippen LogP contribution in [0.15, 0.2) is 36.7 Å². The SMILES string of the molecule is O=C(CCc1ccc(C(F)(F)F)nc1)Nc1c[nH]c2cc(F)c(F)cc12. The van der Waals surface area contributed by atoms with Gasteiger partial charge >= 0.3 is 6.18 Å². The molecule has 1 aromatic carbocycles. The van der Waals surface area contributed by atoms with E-state index in [0.29, 0.717) is 16.5 Å². The number of anilines is 1. The van der Waals surface area contributed by atoms with Crippen LogP contribution in [0.2, 0.25) is 0 Å². The number of hydrogen-bond donors (Lipinski definition) is 2.